The second-order valence-electron chi connectivity index (χ2n) is 8.48. The molecule has 0 saturated carbocycles. The molecule has 1 amide bonds. The molecule has 0 fully saturated rings. The minimum absolute atomic E-state index is 0.0656. The van der Waals surface area contributed by atoms with Crippen LogP contribution in [0.25, 0.3) is 0 Å². The summed E-state index contributed by atoms with van der Waals surface area (Å²) in [5, 5.41) is 2.96. The van der Waals surface area contributed by atoms with Gasteiger partial charge in [0.1, 0.15) is 0 Å². The molecule has 0 aliphatic carbocycles. The molecule has 0 spiro atoms. The van der Waals surface area contributed by atoms with Crippen LogP contribution in [0.15, 0.2) is 12.1 Å². The van der Waals surface area contributed by atoms with Crippen molar-refractivity contribution in [3.63, 3.8) is 0 Å². The van der Waals surface area contributed by atoms with Crippen molar-refractivity contribution in [1.29, 1.82) is 0 Å². The predicted molar refractivity (Wildman–Crippen MR) is 99.0 cm³/mol. The molecule has 0 heterocycles. The zero-order chi connectivity index (χ0) is 17.8. The summed E-state index contributed by atoms with van der Waals surface area (Å²) in [6, 6.07) is 4.51. The largest absolute Gasteiger partial charge is 0.356 e. The summed E-state index contributed by atoms with van der Waals surface area (Å²) < 4.78 is 0. The van der Waals surface area contributed by atoms with E-state index in [1.165, 1.54) is 16.7 Å². The summed E-state index contributed by atoms with van der Waals surface area (Å²) in [5.74, 6) is 0.0764. The molecule has 3 N–H and O–H groups in total. The molecule has 0 aromatic heterocycles. The molecular weight excluding hydrogens is 284 g/mol. The Kier molecular flexibility index (Phi) is 6.41. The van der Waals surface area contributed by atoms with Crippen LogP contribution in [0.3, 0.4) is 0 Å². The lowest BCUT2D eigenvalue weighted by Crippen LogP contribution is -2.28. The van der Waals surface area contributed by atoms with Crippen LogP contribution in [0.1, 0.15) is 70.2 Å². The average Bonchev–Trinajstić information content (AvgIpc) is 2.38. The molecule has 0 aliphatic rings. The Bertz CT molecular complexity index is 548. The molecule has 0 atom stereocenters. The van der Waals surface area contributed by atoms with Crippen molar-refractivity contribution in [2.75, 3.05) is 13.1 Å². The number of carbonyl (C=O) groups is 1. The first kappa shape index (κ1) is 19.7. The molecule has 1 aromatic rings. The van der Waals surface area contributed by atoms with Gasteiger partial charge in [-0.15, -0.1) is 0 Å². The average molecular weight is 319 g/mol. The van der Waals surface area contributed by atoms with Crippen LogP contribution in [0.2, 0.25) is 0 Å². The number of carbonyl (C=O) groups excluding carboxylic acids is 1. The number of nitrogens with one attached hydrogen (secondary N) is 1. The smallest absolute Gasteiger partial charge is 0.224 e. The summed E-state index contributed by atoms with van der Waals surface area (Å²) in [5.41, 5.74) is 10.6. The molecule has 1 rings (SSSR count). The lowest BCUT2D eigenvalue weighted by molar-refractivity contribution is -0.120. The Labute approximate surface area is 142 Å². The SMILES string of the molecule is Cc1c(CC(=O)NCCCN)cc(C(C)(C)C)cc1C(C)(C)C. The minimum atomic E-state index is 0.0656. The van der Waals surface area contributed by atoms with E-state index < -0.39 is 0 Å². The highest BCUT2D eigenvalue weighted by Crippen LogP contribution is 2.33. The second-order valence-corrected chi connectivity index (χ2v) is 8.48. The lowest BCUT2D eigenvalue weighted by Gasteiger charge is -2.28. The zero-order valence-corrected chi connectivity index (χ0v) is 16.0. The van der Waals surface area contributed by atoms with E-state index >= 15 is 0 Å². The molecule has 23 heavy (non-hydrogen) atoms. The number of nitrogens with two attached hydrogens (primary N) is 1. The van der Waals surface area contributed by atoms with Gasteiger partial charge in [0.05, 0.1) is 6.42 Å². The van der Waals surface area contributed by atoms with Crippen molar-refractivity contribution in [1.82, 2.24) is 5.32 Å². The molecule has 130 valence electrons. The van der Waals surface area contributed by atoms with Crippen molar-refractivity contribution in [2.24, 2.45) is 5.73 Å². The van der Waals surface area contributed by atoms with E-state index in [0.717, 1.165) is 12.0 Å². The summed E-state index contributed by atoms with van der Waals surface area (Å²) in [7, 11) is 0. The Morgan fingerprint density at radius 3 is 2.17 bits per heavy atom. The maximum Gasteiger partial charge on any atom is 0.224 e. The topological polar surface area (TPSA) is 55.1 Å². The second kappa shape index (κ2) is 7.48. The maximum absolute atomic E-state index is 12.2. The van der Waals surface area contributed by atoms with Crippen LogP contribution >= 0.6 is 0 Å². The standard InChI is InChI=1S/C20H34N2O/c1-14-15(12-18(23)22-10-8-9-21)11-16(19(2,3)4)13-17(14)20(5,6)7/h11,13H,8-10,12,21H2,1-7H3,(H,22,23). The van der Waals surface area contributed by atoms with Crippen LogP contribution < -0.4 is 11.1 Å². The van der Waals surface area contributed by atoms with Gasteiger partial charge in [0.15, 0.2) is 0 Å². The molecule has 0 bridgehead atoms. The highest BCUT2D eigenvalue weighted by atomic mass is 16.1. The third kappa shape index (κ3) is 5.65. The van der Waals surface area contributed by atoms with Crippen molar-refractivity contribution in [3.05, 3.63) is 34.4 Å². The third-order valence-electron chi connectivity index (χ3n) is 4.24. The van der Waals surface area contributed by atoms with E-state index in [4.69, 9.17) is 5.73 Å². The summed E-state index contributed by atoms with van der Waals surface area (Å²) in [6.07, 6.45) is 1.25. The minimum Gasteiger partial charge on any atom is -0.356 e. The van der Waals surface area contributed by atoms with Crippen LogP contribution in [0, 0.1) is 6.92 Å². The Balaban J connectivity index is 3.18. The highest BCUT2D eigenvalue weighted by Gasteiger charge is 2.23. The normalized spacial score (nSPS) is 12.3. The predicted octanol–water partition coefficient (Wildman–Crippen LogP) is 3.60. The fourth-order valence-corrected chi connectivity index (χ4v) is 2.74. The number of amides is 1. The lowest BCUT2D eigenvalue weighted by atomic mass is 9.76. The van der Waals surface area contributed by atoms with Gasteiger partial charge in [-0.2, -0.15) is 0 Å². The van der Waals surface area contributed by atoms with Gasteiger partial charge in [-0.05, 0) is 53.0 Å². The Morgan fingerprint density at radius 2 is 1.70 bits per heavy atom. The molecule has 3 heteroatoms. The van der Waals surface area contributed by atoms with Gasteiger partial charge in [0.25, 0.3) is 0 Å². The van der Waals surface area contributed by atoms with Gasteiger partial charge in [-0.3, -0.25) is 4.79 Å². The maximum atomic E-state index is 12.2. The monoisotopic (exact) mass is 318 g/mol. The molecule has 0 aliphatic heterocycles. The summed E-state index contributed by atoms with van der Waals surface area (Å²) in [4.78, 5) is 12.2. The van der Waals surface area contributed by atoms with Crippen LogP contribution in [0.5, 0.6) is 0 Å². The Morgan fingerprint density at radius 1 is 1.09 bits per heavy atom. The first-order chi connectivity index (χ1) is 10.5. The van der Waals surface area contributed by atoms with Crippen molar-refractivity contribution in [3.8, 4) is 0 Å². The number of benzene rings is 1. The number of rotatable bonds is 5. The molecule has 0 radical (unpaired) electrons. The first-order valence-electron chi connectivity index (χ1n) is 8.58. The van der Waals surface area contributed by atoms with E-state index in [-0.39, 0.29) is 16.7 Å². The van der Waals surface area contributed by atoms with Crippen LogP contribution in [-0.2, 0) is 22.0 Å². The van der Waals surface area contributed by atoms with Crippen molar-refractivity contribution >= 4 is 5.91 Å². The van der Waals surface area contributed by atoms with E-state index in [0.29, 0.717) is 19.5 Å². The van der Waals surface area contributed by atoms with Gasteiger partial charge in [-0.1, -0.05) is 53.7 Å². The van der Waals surface area contributed by atoms with Gasteiger partial charge in [0.2, 0.25) is 5.91 Å². The first-order valence-corrected chi connectivity index (χ1v) is 8.58. The third-order valence-corrected chi connectivity index (χ3v) is 4.24. The van der Waals surface area contributed by atoms with Gasteiger partial charge in [0, 0.05) is 6.54 Å². The zero-order valence-electron chi connectivity index (χ0n) is 16.0. The van der Waals surface area contributed by atoms with Crippen molar-refractivity contribution < 1.29 is 4.79 Å². The molecular formula is C20H34N2O. The highest BCUT2D eigenvalue weighted by molar-refractivity contribution is 5.79. The fraction of sp³-hybridized carbons (Fsp3) is 0.650. The molecule has 3 nitrogen and oxygen atoms in total. The summed E-state index contributed by atoms with van der Waals surface area (Å²) >= 11 is 0. The van der Waals surface area contributed by atoms with Crippen LogP contribution in [0.4, 0.5) is 0 Å². The van der Waals surface area contributed by atoms with Gasteiger partial charge < -0.3 is 11.1 Å². The van der Waals surface area contributed by atoms with E-state index in [1.807, 2.05) is 0 Å². The van der Waals surface area contributed by atoms with E-state index in [1.54, 1.807) is 0 Å². The number of hydrogen-bond donors (Lipinski definition) is 2. The Hall–Kier alpha value is -1.35. The van der Waals surface area contributed by atoms with E-state index in [9.17, 15) is 4.79 Å². The van der Waals surface area contributed by atoms with Gasteiger partial charge in [-0.25, -0.2) is 0 Å². The molecule has 0 saturated heterocycles. The molecule has 1 aromatic carbocycles. The summed E-state index contributed by atoms with van der Waals surface area (Å²) in [6.45, 7) is 16.7. The fourth-order valence-electron chi connectivity index (χ4n) is 2.74. The van der Waals surface area contributed by atoms with Gasteiger partial charge >= 0.3 is 0 Å². The van der Waals surface area contributed by atoms with Crippen LogP contribution in [-0.4, -0.2) is 19.0 Å². The number of hydrogen-bond acceptors (Lipinski definition) is 2. The molecule has 0 unspecified atom stereocenters. The quantitative estimate of drug-likeness (QED) is 0.815. The van der Waals surface area contributed by atoms with Crippen molar-refractivity contribution in [2.45, 2.75) is 72.1 Å². The van der Waals surface area contributed by atoms with E-state index in [2.05, 4.69) is 65.9 Å².